The molecule has 0 spiro atoms. The Morgan fingerprint density at radius 1 is 1.37 bits per heavy atom. The molecule has 3 N–H and O–H groups in total. The van der Waals surface area contributed by atoms with Crippen molar-refractivity contribution in [2.75, 3.05) is 19.6 Å². The molecular formula is C13H25F2N3O. The van der Waals surface area contributed by atoms with Crippen molar-refractivity contribution in [3.8, 4) is 0 Å². The third-order valence-corrected chi connectivity index (χ3v) is 3.67. The molecule has 1 aliphatic rings. The molecule has 1 rings (SSSR count). The number of hydrogen-bond donors (Lipinski definition) is 2. The Bertz CT molecular complexity index is 271. The number of nitrogens with one attached hydrogen (secondary N) is 1. The third-order valence-electron chi connectivity index (χ3n) is 3.67. The standard InChI is InChI=1S/C13H25F2N3O/c1-10(18(8-7-16)9-12(14)15)13(19)17-11-5-3-2-4-6-11/h10-12H,2-9,16H2,1H3,(H,17,19). The molecule has 0 radical (unpaired) electrons. The van der Waals surface area contributed by atoms with Crippen LogP contribution in [-0.4, -0.2) is 49.0 Å². The van der Waals surface area contributed by atoms with E-state index in [-0.39, 0.29) is 18.5 Å². The van der Waals surface area contributed by atoms with Gasteiger partial charge >= 0.3 is 0 Å². The molecule has 4 nitrogen and oxygen atoms in total. The number of carbonyl (C=O) groups excluding carboxylic acids is 1. The number of alkyl halides is 2. The first-order chi connectivity index (χ1) is 9.04. The molecule has 112 valence electrons. The molecule has 1 saturated carbocycles. The second-order valence-electron chi connectivity index (χ2n) is 5.19. The first-order valence-electron chi connectivity index (χ1n) is 7.07. The number of amides is 1. The van der Waals surface area contributed by atoms with Crippen molar-refractivity contribution in [3.05, 3.63) is 0 Å². The van der Waals surface area contributed by atoms with Crippen LogP contribution in [0.5, 0.6) is 0 Å². The van der Waals surface area contributed by atoms with E-state index in [1.807, 2.05) is 0 Å². The zero-order valence-corrected chi connectivity index (χ0v) is 11.6. The van der Waals surface area contributed by atoms with Gasteiger partial charge in [0.1, 0.15) is 0 Å². The summed E-state index contributed by atoms with van der Waals surface area (Å²) in [5, 5.41) is 2.96. The molecular weight excluding hydrogens is 252 g/mol. The minimum absolute atomic E-state index is 0.166. The second kappa shape index (κ2) is 8.43. The summed E-state index contributed by atoms with van der Waals surface area (Å²) in [4.78, 5) is 13.5. The van der Waals surface area contributed by atoms with Gasteiger partial charge in [-0.3, -0.25) is 9.69 Å². The van der Waals surface area contributed by atoms with E-state index in [0.29, 0.717) is 6.54 Å². The van der Waals surface area contributed by atoms with Crippen molar-refractivity contribution in [2.24, 2.45) is 5.73 Å². The molecule has 0 bridgehead atoms. The fourth-order valence-corrected chi connectivity index (χ4v) is 2.52. The molecule has 0 aromatic heterocycles. The number of nitrogens with zero attached hydrogens (tertiary/aromatic N) is 1. The van der Waals surface area contributed by atoms with Gasteiger partial charge in [0.25, 0.3) is 6.43 Å². The summed E-state index contributed by atoms with van der Waals surface area (Å²) in [5.74, 6) is -0.166. The molecule has 0 aromatic rings. The van der Waals surface area contributed by atoms with E-state index in [1.54, 1.807) is 6.92 Å². The molecule has 0 saturated heterocycles. The number of rotatable bonds is 7. The molecule has 1 unspecified atom stereocenters. The Balaban J connectivity index is 2.46. The highest BCUT2D eigenvalue weighted by Gasteiger charge is 2.25. The average Bonchev–Trinajstić information content (AvgIpc) is 2.38. The third kappa shape index (κ3) is 5.82. The summed E-state index contributed by atoms with van der Waals surface area (Å²) in [6.45, 7) is 1.84. The molecule has 0 aliphatic heterocycles. The zero-order chi connectivity index (χ0) is 14.3. The van der Waals surface area contributed by atoms with Gasteiger partial charge in [0.15, 0.2) is 0 Å². The predicted octanol–water partition coefficient (Wildman–Crippen LogP) is 1.35. The average molecular weight is 277 g/mol. The Hall–Kier alpha value is -0.750. The van der Waals surface area contributed by atoms with Gasteiger partial charge in [0.2, 0.25) is 5.91 Å². The highest BCUT2D eigenvalue weighted by Crippen LogP contribution is 2.17. The van der Waals surface area contributed by atoms with Crippen LogP contribution in [0.3, 0.4) is 0 Å². The van der Waals surface area contributed by atoms with Crippen LogP contribution in [0.1, 0.15) is 39.0 Å². The van der Waals surface area contributed by atoms with Crippen LogP contribution in [0, 0.1) is 0 Å². The van der Waals surface area contributed by atoms with Crippen LogP contribution >= 0.6 is 0 Å². The Kier molecular flexibility index (Phi) is 7.23. The molecule has 1 amide bonds. The maximum atomic E-state index is 12.5. The Morgan fingerprint density at radius 3 is 2.53 bits per heavy atom. The van der Waals surface area contributed by atoms with Crippen LogP contribution < -0.4 is 11.1 Å². The van der Waals surface area contributed by atoms with Crippen LogP contribution in [0.25, 0.3) is 0 Å². The minimum Gasteiger partial charge on any atom is -0.352 e. The van der Waals surface area contributed by atoms with E-state index < -0.39 is 19.0 Å². The lowest BCUT2D eigenvalue weighted by molar-refractivity contribution is -0.127. The normalized spacial score (nSPS) is 18.8. The fourth-order valence-electron chi connectivity index (χ4n) is 2.52. The van der Waals surface area contributed by atoms with Gasteiger partial charge in [0, 0.05) is 19.1 Å². The molecule has 19 heavy (non-hydrogen) atoms. The van der Waals surface area contributed by atoms with Gasteiger partial charge in [-0.05, 0) is 19.8 Å². The van der Waals surface area contributed by atoms with E-state index in [0.717, 1.165) is 25.7 Å². The quantitative estimate of drug-likeness (QED) is 0.738. The van der Waals surface area contributed by atoms with Crippen LogP contribution in [0.15, 0.2) is 0 Å². The van der Waals surface area contributed by atoms with Gasteiger partial charge in [-0.25, -0.2) is 8.78 Å². The second-order valence-corrected chi connectivity index (χ2v) is 5.19. The summed E-state index contributed by atoms with van der Waals surface area (Å²) in [6.07, 6.45) is 3.00. The van der Waals surface area contributed by atoms with Gasteiger partial charge in [0.05, 0.1) is 12.6 Å². The SMILES string of the molecule is CC(C(=O)NC1CCCCC1)N(CCN)CC(F)F. The summed E-state index contributed by atoms with van der Waals surface area (Å²) < 4.78 is 25.0. The van der Waals surface area contributed by atoms with Crippen molar-refractivity contribution in [1.29, 1.82) is 0 Å². The van der Waals surface area contributed by atoms with Crippen LogP contribution in [0.4, 0.5) is 8.78 Å². The molecule has 1 atom stereocenters. The lowest BCUT2D eigenvalue weighted by atomic mass is 9.95. The molecule has 0 aromatic carbocycles. The van der Waals surface area contributed by atoms with E-state index in [2.05, 4.69) is 5.32 Å². The van der Waals surface area contributed by atoms with E-state index in [9.17, 15) is 13.6 Å². The van der Waals surface area contributed by atoms with Gasteiger partial charge in [-0.1, -0.05) is 19.3 Å². The van der Waals surface area contributed by atoms with E-state index in [4.69, 9.17) is 5.73 Å². The van der Waals surface area contributed by atoms with E-state index in [1.165, 1.54) is 11.3 Å². The number of hydrogen-bond acceptors (Lipinski definition) is 3. The summed E-state index contributed by atoms with van der Waals surface area (Å²) in [7, 11) is 0. The molecule has 6 heteroatoms. The van der Waals surface area contributed by atoms with Gasteiger partial charge in [-0.2, -0.15) is 0 Å². The fraction of sp³-hybridized carbons (Fsp3) is 0.923. The highest BCUT2D eigenvalue weighted by atomic mass is 19.3. The molecule has 1 fully saturated rings. The van der Waals surface area contributed by atoms with Crippen LogP contribution in [0.2, 0.25) is 0 Å². The van der Waals surface area contributed by atoms with Crippen molar-refractivity contribution >= 4 is 5.91 Å². The van der Waals surface area contributed by atoms with Crippen molar-refractivity contribution in [2.45, 2.75) is 57.5 Å². The van der Waals surface area contributed by atoms with Gasteiger partial charge in [-0.15, -0.1) is 0 Å². The van der Waals surface area contributed by atoms with E-state index >= 15 is 0 Å². The van der Waals surface area contributed by atoms with Crippen LogP contribution in [-0.2, 0) is 4.79 Å². The van der Waals surface area contributed by atoms with Crippen molar-refractivity contribution < 1.29 is 13.6 Å². The Morgan fingerprint density at radius 2 is 2.00 bits per heavy atom. The van der Waals surface area contributed by atoms with Crippen molar-refractivity contribution in [3.63, 3.8) is 0 Å². The maximum Gasteiger partial charge on any atom is 0.251 e. The van der Waals surface area contributed by atoms with Gasteiger partial charge < -0.3 is 11.1 Å². The summed E-state index contributed by atoms with van der Waals surface area (Å²) >= 11 is 0. The molecule has 1 aliphatic carbocycles. The smallest absolute Gasteiger partial charge is 0.251 e. The number of halogens is 2. The largest absolute Gasteiger partial charge is 0.352 e. The Labute approximate surface area is 113 Å². The zero-order valence-electron chi connectivity index (χ0n) is 11.6. The number of nitrogens with two attached hydrogens (primary N) is 1. The summed E-state index contributed by atoms with van der Waals surface area (Å²) in [6, 6.07) is -0.352. The maximum absolute atomic E-state index is 12.5. The monoisotopic (exact) mass is 277 g/mol. The van der Waals surface area contributed by atoms with Crippen molar-refractivity contribution in [1.82, 2.24) is 10.2 Å². The topological polar surface area (TPSA) is 58.4 Å². The summed E-state index contributed by atoms with van der Waals surface area (Å²) in [5.41, 5.74) is 5.41. The lowest BCUT2D eigenvalue weighted by Crippen LogP contribution is -2.51. The molecule has 0 heterocycles. The number of carbonyl (C=O) groups is 1. The first-order valence-corrected chi connectivity index (χ1v) is 7.07. The highest BCUT2D eigenvalue weighted by molar-refractivity contribution is 5.81. The predicted molar refractivity (Wildman–Crippen MR) is 71.1 cm³/mol. The first kappa shape index (κ1) is 16.3. The minimum atomic E-state index is -2.45. The lowest BCUT2D eigenvalue weighted by Gasteiger charge is -2.30.